The second kappa shape index (κ2) is 8.36. The summed E-state index contributed by atoms with van der Waals surface area (Å²) in [5.74, 6) is -0.526. The fourth-order valence-corrected chi connectivity index (χ4v) is 4.44. The van der Waals surface area contributed by atoms with Crippen molar-refractivity contribution in [2.75, 3.05) is 6.56 Å². The van der Waals surface area contributed by atoms with Crippen LogP contribution in [0.3, 0.4) is 0 Å². The SMILES string of the molecule is [2H]C1([2H])C[C@@H](c2nc(-c3ccc(Cl)cc3F)c3nc(C)c(C)nc3n2)C[C@H](c2cnn(C3CC3)c2)O1. The average molecular weight is 481 g/mol. The number of hydrogen-bond acceptors (Lipinski definition) is 6. The maximum absolute atomic E-state index is 15.0. The number of halogens is 2. The Morgan fingerprint density at radius 2 is 1.94 bits per heavy atom. The molecule has 0 bridgehead atoms. The first-order chi connectivity index (χ1) is 17.2. The molecular weight excluding hydrogens is 455 g/mol. The Morgan fingerprint density at radius 3 is 2.74 bits per heavy atom. The summed E-state index contributed by atoms with van der Waals surface area (Å²) in [4.78, 5) is 18.7. The van der Waals surface area contributed by atoms with Crippen LogP contribution in [-0.4, -0.2) is 36.3 Å². The molecule has 174 valence electrons. The van der Waals surface area contributed by atoms with Crippen LogP contribution in [0.15, 0.2) is 30.6 Å². The standard InChI is InChI=1S/C25H24ClFN6O/c1-13-14(2)30-25-23(29-13)22(19-6-3-17(26)10-20(19)27)31-24(32-25)15-7-8-34-21(9-15)16-11-28-33(12-16)18-4-5-18/h3,6,10-12,15,18,21H,4-5,7-9H2,1-2H3/t15-,21-/m1/s1/i8D2. The number of aryl methyl sites for hydroxylation is 2. The van der Waals surface area contributed by atoms with Crippen LogP contribution >= 0.6 is 11.6 Å². The van der Waals surface area contributed by atoms with Gasteiger partial charge in [0.15, 0.2) is 5.65 Å². The first kappa shape index (κ1) is 19.3. The van der Waals surface area contributed by atoms with Gasteiger partial charge in [-0.05, 0) is 57.7 Å². The van der Waals surface area contributed by atoms with Crippen LogP contribution in [0.1, 0.15) is 69.3 Å². The van der Waals surface area contributed by atoms with Gasteiger partial charge in [0.1, 0.15) is 22.9 Å². The molecule has 9 heteroatoms. The van der Waals surface area contributed by atoms with Crippen molar-refractivity contribution in [1.29, 1.82) is 0 Å². The Balaban J connectivity index is 1.45. The van der Waals surface area contributed by atoms with Gasteiger partial charge < -0.3 is 4.74 Å². The van der Waals surface area contributed by atoms with Crippen molar-refractivity contribution in [3.63, 3.8) is 0 Å². The van der Waals surface area contributed by atoms with Gasteiger partial charge in [0.05, 0.1) is 32.5 Å². The molecule has 34 heavy (non-hydrogen) atoms. The van der Waals surface area contributed by atoms with Gasteiger partial charge in [0.2, 0.25) is 0 Å². The molecule has 4 heterocycles. The minimum Gasteiger partial charge on any atom is -0.373 e. The van der Waals surface area contributed by atoms with Crippen LogP contribution in [0.25, 0.3) is 22.4 Å². The summed E-state index contributed by atoms with van der Waals surface area (Å²) >= 11 is 5.99. The molecule has 0 amide bonds. The van der Waals surface area contributed by atoms with Crippen LogP contribution in [0.4, 0.5) is 4.39 Å². The largest absolute Gasteiger partial charge is 0.373 e. The van der Waals surface area contributed by atoms with Crippen molar-refractivity contribution < 1.29 is 11.9 Å². The second-order valence-electron chi connectivity index (χ2n) is 8.99. The molecule has 0 spiro atoms. The smallest absolute Gasteiger partial charge is 0.182 e. The molecule has 7 nitrogen and oxygen atoms in total. The third-order valence-electron chi connectivity index (χ3n) is 6.48. The van der Waals surface area contributed by atoms with Crippen LogP contribution in [0.2, 0.25) is 5.02 Å². The first-order valence-electron chi connectivity index (χ1n) is 12.4. The molecule has 6 rings (SSSR count). The van der Waals surface area contributed by atoms with Crippen LogP contribution in [-0.2, 0) is 4.74 Å². The van der Waals surface area contributed by atoms with Crippen molar-refractivity contribution in [1.82, 2.24) is 29.7 Å². The van der Waals surface area contributed by atoms with Crippen molar-refractivity contribution in [2.24, 2.45) is 0 Å². The zero-order valence-corrected chi connectivity index (χ0v) is 19.6. The molecule has 2 fully saturated rings. The lowest BCUT2D eigenvalue weighted by atomic mass is 9.92. The minimum absolute atomic E-state index is 0.0621. The molecule has 2 atom stereocenters. The highest BCUT2D eigenvalue weighted by Gasteiger charge is 2.31. The highest BCUT2D eigenvalue weighted by Crippen LogP contribution is 2.40. The maximum Gasteiger partial charge on any atom is 0.182 e. The number of ether oxygens (including phenoxy) is 1. The lowest BCUT2D eigenvalue weighted by Gasteiger charge is -2.28. The Labute approximate surface area is 204 Å². The third-order valence-corrected chi connectivity index (χ3v) is 6.71. The lowest BCUT2D eigenvalue weighted by molar-refractivity contribution is 0.00396. The van der Waals surface area contributed by atoms with Crippen molar-refractivity contribution >= 4 is 22.8 Å². The van der Waals surface area contributed by atoms with E-state index in [0.717, 1.165) is 18.4 Å². The van der Waals surface area contributed by atoms with Gasteiger partial charge in [0, 0.05) is 34.8 Å². The Kier molecular flexibility index (Phi) is 4.76. The summed E-state index contributed by atoms with van der Waals surface area (Å²) in [6.07, 6.45) is 5.90. The van der Waals surface area contributed by atoms with E-state index in [0.29, 0.717) is 46.5 Å². The summed E-state index contributed by atoms with van der Waals surface area (Å²) in [7, 11) is 0. The first-order valence-corrected chi connectivity index (χ1v) is 11.7. The fraction of sp³-hybridized carbons (Fsp3) is 0.400. The van der Waals surface area contributed by atoms with E-state index in [9.17, 15) is 0 Å². The molecule has 0 radical (unpaired) electrons. The molecule has 1 saturated heterocycles. The predicted octanol–water partition coefficient (Wildman–Crippen LogP) is 5.66. The second-order valence-corrected chi connectivity index (χ2v) is 9.43. The van der Waals surface area contributed by atoms with E-state index in [1.54, 1.807) is 18.3 Å². The molecule has 1 aliphatic heterocycles. The van der Waals surface area contributed by atoms with E-state index < -0.39 is 18.5 Å². The van der Waals surface area contributed by atoms with Crippen molar-refractivity contribution in [3.8, 4) is 11.3 Å². The zero-order valence-electron chi connectivity index (χ0n) is 20.8. The summed E-state index contributed by atoms with van der Waals surface area (Å²) in [6, 6.07) is 4.82. The van der Waals surface area contributed by atoms with E-state index in [4.69, 9.17) is 29.0 Å². The summed E-state index contributed by atoms with van der Waals surface area (Å²) in [5, 5.41) is 4.72. The fourth-order valence-electron chi connectivity index (χ4n) is 4.28. The van der Waals surface area contributed by atoms with Crippen molar-refractivity contribution in [3.05, 3.63) is 64.2 Å². The number of aromatic nitrogens is 6. The average Bonchev–Trinajstić information content (AvgIpc) is 3.55. The summed E-state index contributed by atoms with van der Waals surface area (Å²) < 4.78 is 39.7. The Morgan fingerprint density at radius 1 is 1.12 bits per heavy atom. The number of fused-ring (bicyclic) bond motifs is 1. The van der Waals surface area contributed by atoms with Gasteiger partial charge in [-0.2, -0.15) is 5.10 Å². The molecular formula is C25H24ClFN6O. The number of benzene rings is 1. The van der Waals surface area contributed by atoms with Crippen molar-refractivity contribution in [2.45, 2.75) is 57.6 Å². The Bertz CT molecular complexity index is 1490. The van der Waals surface area contributed by atoms with E-state index in [2.05, 4.69) is 15.1 Å². The predicted molar refractivity (Wildman–Crippen MR) is 126 cm³/mol. The number of nitrogens with zero attached hydrogens (tertiary/aromatic N) is 6. The van der Waals surface area contributed by atoms with Gasteiger partial charge in [-0.3, -0.25) is 4.68 Å². The highest BCUT2D eigenvalue weighted by atomic mass is 35.5. The molecule has 2 aliphatic rings. The molecule has 0 N–H and O–H groups in total. The summed E-state index contributed by atoms with van der Waals surface area (Å²) in [5.41, 5.74) is 3.52. The van der Waals surface area contributed by atoms with E-state index in [1.165, 1.54) is 6.07 Å². The van der Waals surface area contributed by atoms with Crippen LogP contribution in [0.5, 0.6) is 0 Å². The van der Waals surface area contributed by atoms with Gasteiger partial charge in [-0.1, -0.05) is 11.6 Å². The van der Waals surface area contributed by atoms with Crippen LogP contribution < -0.4 is 0 Å². The van der Waals surface area contributed by atoms with E-state index in [1.807, 2.05) is 24.7 Å². The molecule has 4 aromatic rings. The lowest BCUT2D eigenvalue weighted by Crippen LogP contribution is -2.20. The van der Waals surface area contributed by atoms with E-state index >= 15 is 4.39 Å². The minimum atomic E-state index is -1.89. The number of hydrogen-bond donors (Lipinski definition) is 0. The molecule has 1 saturated carbocycles. The molecule has 1 aliphatic carbocycles. The zero-order chi connectivity index (χ0) is 25.2. The quantitative estimate of drug-likeness (QED) is 0.375. The Hall–Kier alpha value is -2.97. The normalized spacial score (nSPS) is 23.1. The highest BCUT2D eigenvalue weighted by molar-refractivity contribution is 6.30. The monoisotopic (exact) mass is 480 g/mol. The topological polar surface area (TPSA) is 78.6 Å². The molecule has 3 aromatic heterocycles. The number of rotatable bonds is 4. The van der Waals surface area contributed by atoms with Gasteiger partial charge in [-0.25, -0.2) is 24.3 Å². The van der Waals surface area contributed by atoms with Gasteiger partial charge in [-0.15, -0.1) is 0 Å². The summed E-state index contributed by atoms with van der Waals surface area (Å²) in [6.45, 7) is 1.78. The van der Waals surface area contributed by atoms with Gasteiger partial charge >= 0.3 is 0 Å². The van der Waals surface area contributed by atoms with Gasteiger partial charge in [0.25, 0.3) is 0 Å². The molecule has 0 unspecified atom stereocenters. The molecule has 1 aromatic carbocycles. The van der Waals surface area contributed by atoms with E-state index in [-0.39, 0.29) is 22.9 Å². The van der Waals surface area contributed by atoms with Crippen LogP contribution in [0, 0.1) is 19.7 Å². The third kappa shape index (κ3) is 3.95. The maximum atomic E-state index is 15.0.